The van der Waals surface area contributed by atoms with Crippen molar-refractivity contribution in [1.82, 2.24) is 0 Å². The summed E-state index contributed by atoms with van der Waals surface area (Å²) in [7, 11) is 0. The van der Waals surface area contributed by atoms with E-state index >= 15 is 0 Å². The first kappa shape index (κ1) is 13.7. The Morgan fingerprint density at radius 3 is 2.53 bits per heavy atom. The first-order valence-electron chi connectivity index (χ1n) is 5.29. The molecule has 0 unspecified atom stereocenters. The summed E-state index contributed by atoms with van der Waals surface area (Å²) in [6.07, 6.45) is 0. The second kappa shape index (κ2) is 5.52. The third kappa shape index (κ3) is 3.19. The van der Waals surface area contributed by atoms with Crippen LogP contribution in [0.3, 0.4) is 0 Å². The van der Waals surface area contributed by atoms with E-state index in [9.17, 15) is 13.6 Å². The van der Waals surface area contributed by atoms with Gasteiger partial charge in [-0.15, -0.1) is 0 Å². The molecule has 0 atom stereocenters. The average molecular weight is 374 g/mol. The molecule has 2 aromatic rings. The van der Waals surface area contributed by atoms with Crippen LogP contribution >= 0.6 is 22.6 Å². The Balaban J connectivity index is 2.25. The molecule has 0 aliphatic heterocycles. The number of nitrogen functional groups attached to an aromatic ring is 1. The maximum Gasteiger partial charge on any atom is 0.256 e. The zero-order valence-electron chi connectivity index (χ0n) is 9.58. The van der Waals surface area contributed by atoms with Crippen molar-refractivity contribution in [3.05, 3.63) is 57.2 Å². The fourth-order valence-corrected chi connectivity index (χ4v) is 2.22. The summed E-state index contributed by atoms with van der Waals surface area (Å²) in [5.74, 6) is -1.56. The van der Waals surface area contributed by atoms with E-state index in [-0.39, 0.29) is 16.9 Å². The van der Waals surface area contributed by atoms with Crippen molar-refractivity contribution in [2.45, 2.75) is 0 Å². The molecule has 0 saturated heterocycles. The van der Waals surface area contributed by atoms with Gasteiger partial charge in [-0.25, -0.2) is 8.78 Å². The molecule has 0 heterocycles. The van der Waals surface area contributed by atoms with Crippen LogP contribution in [0.4, 0.5) is 20.2 Å². The molecule has 3 nitrogen and oxygen atoms in total. The van der Waals surface area contributed by atoms with Gasteiger partial charge in [0.1, 0.15) is 11.6 Å². The van der Waals surface area contributed by atoms with Crippen LogP contribution < -0.4 is 11.1 Å². The van der Waals surface area contributed by atoms with Gasteiger partial charge in [0.2, 0.25) is 0 Å². The number of halogens is 3. The van der Waals surface area contributed by atoms with E-state index < -0.39 is 17.5 Å². The normalized spacial score (nSPS) is 10.3. The summed E-state index contributed by atoms with van der Waals surface area (Å²) in [6, 6.07) is 7.73. The van der Waals surface area contributed by atoms with Gasteiger partial charge in [0.25, 0.3) is 5.91 Å². The van der Waals surface area contributed by atoms with E-state index in [1.165, 1.54) is 30.3 Å². The molecule has 0 radical (unpaired) electrons. The molecule has 3 N–H and O–H groups in total. The molecule has 0 bridgehead atoms. The van der Waals surface area contributed by atoms with E-state index in [2.05, 4.69) is 5.32 Å². The molecule has 0 aliphatic rings. The van der Waals surface area contributed by atoms with Crippen LogP contribution in [0.15, 0.2) is 36.4 Å². The van der Waals surface area contributed by atoms with Gasteiger partial charge in [-0.2, -0.15) is 0 Å². The van der Waals surface area contributed by atoms with Crippen molar-refractivity contribution >= 4 is 39.9 Å². The number of rotatable bonds is 2. The predicted octanol–water partition coefficient (Wildman–Crippen LogP) is 3.40. The van der Waals surface area contributed by atoms with Crippen LogP contribution in [0.5, 0.6) is 0 Å². The molecule has 1 amide bonds. The van der Waals surface area contributed by atoms with Crippen LogP contribution in [0.25, 0.3) is 0 Å². The van der Waals surface area contributed by atoms with Crippen LogP contribution in [-0.4, -0.2) is 5.91 Å². The van der Waals surface area contributed by atoms with Crippen molar-refractivity contribution in [2.24, 2.45) is 0 Å². The summed E-state index contributed by atoms with van der Waals surface area (Å²) < 4.78 is 26.9. The van der Waals surface area contributed by atoms with Crippen molar-refractivity contribution in [1.29, 1.82) is 0 Å². The van der Waals surface area contributed by atoms with E-state index in [1.54, 1.807) is 0 Å². The number of amides is 1. The van der Waals surface area contributed by atoms with Crippen LogP contribution in [-0.2, 0) is 0 Å². The fraction of sp³-hybridized carbons (Fsp3) is 0. The Hall–Kier alpha value is -1.70. The van der Waals surface area contributed by atoms with Gasteiger partial charge < -0.3 is 11.1 Å². The summed E-state index contributed by atoms with van der Waals surface area (Å²) >= 11 is 1.84. The minimum atomic E-state index is -0.620. The van der Waals surface area contributed by atoms with E-state index in [0.29, 0.717) is 3.57 Å². The quantitative estimate of drug-likeness (QED) is 0.626. The third-order valence-corrected chi connectivity index (χ3v) is 3.31. The number of carbonyl (C=O) groups is 1. The molecule has 0 aliphatic carbocycles. The standard InChI is InChI=1S/C13H9F2IN2O/c14-7-1-3-9(11(16)5-7)13(19)18-12-4-2-8(17)6-10(12)15/h1-6H,17H2,(H,18,19). The van der Waals surface area contributed by atoms with Gasteiger partial charge in [-0.05, 0) is 59.0 Å². The average Bonchev–Trinajstić information content (AvgIpc) is 2.32. The van der Waals surface area contributed by atoms with Gasteiger partial charge in [-0.3, -0.25) is 4.79 Å². The summed E-state index contributed by atoms with van der Waals surface area (Å²) in [5, 5.41) is 2.42. The van der Waals surface area contributed by atoms with Crippen LogP contribution in [0.2, 0.25) is 0 Å². The molecule has 0 saturated carbocycles. The zero-order chi connectivity index (χ0) is 14.0. The van der Waals surface area contributed by atoms with E-state index in [0.717, 1.165) is 6.07 Å². The number of hydrogen-bond acceptors (Lipinski definition) is 2. The molecule has 0 aromatic heterocycles. The van der Waals surface area contributed by atoms with Gasteiger partial charge in [0, 0.05) is 9.26 Å². The minimum Gasteiger partial charge on any atom is -0.399 e. The second-order valence-electron chi connectivity index (χ2n) is 3.82. The SMILES string of the molecule is Nc1ccc(NC(=O)c2ccc(F)cc2I)c(F)c1. The smallest absolute Gasteiger partial charge is 0.256 e. The number of anilines is 2. The molecule has 0 fully saturated rings. The highest BCUT2D eigenvalue weighted by molar-refractivity contribution is 14.1. The Bertz CT molecular complexity index is 647. The zero-order valence-corrected chi connectivity index (χ0v) is 11.7. The van der Waals surface area contributed by atoms with Crippen molar-refractivity contribution in [2.75, 3.05) is 11.1 Å². The van der Waals surface area contributed by atoms with Gasteiger partial charge in [0.15, 0.2) is 0 Å². The number of nitrogens with two attached hydrogens (primary N) is 1. The summed E-state index contributed by atoms with van der Waals surface area (Å²) in [5.41, 5.74) is 5.99. The van der Waals surface area contributed by atoms with Crippen LogP contribution in [0.1, 0.15) is 10.4 Å². The maximum absolute atomic E-state index is 13.5. The lowest BCUT2D eigenvalue weighted by atomic mass is 10.2. The van der Waals surface area contributed by atoms with Crippen molar-refractivity contribution in [3.63, 3.8) is 0 Å². The highest BCUT2D eigenvalue weighted by Gasteiger charge is 2.13. The largest absolute Gasteiger partial charge is 0.399 e. The van der Waals surface area contributed by atoms with Crippen LogP contribution in [0, 0.1) is 15.2 Å². The molecule has 19 heavy (non-hydrogen) atoms. The second-order valence-corrected chi connectivity index (χ2v) is 4.98. The first-order valence-corrected chi connectivity index (χ1v) is 6.36. The predicted molar refractivity (Wildman–Crippen MR) is 77.9 cm³/mol. The lowest BCUT2D eigenvalue weighted by Crippen LogP contribution is -2.14. The Labute approximate surface area is 121 Å². The fourth-order valence-electron chi connectivity index (χ4n) is 1.50. The molecular formula is C13H9F2IN2O. The number of nitrogens with one attached hydrogen (secondary N) is 1. The summed E-state index contributed by atoms with van der Waals surface area (Å²) in [4.78, 5) is 11.9. The Kier molecular flexibility index (Phi) is 3.98. The molecule has 98 valence electrons. The van der Waals surface area contributed by atoms with Gasteiger partial charge in [-0.1, -0.05) is 0 Å². The lowest BCUT2D eigenvalue weighted by Gasteiger charge is -2.08. The summed E-state index contributed by atoms with van der Waals surface area (Å²) in [6.45, 7) is 0. The monoisotopic (exact) mass is 374 g/mol. The number of benzene rings is 2. The lowest BCUT2D eigenvalue weighted by molar-refractivity contribution is 0.102. The number of hydrogen-bond donors (Lipinski definition) is 2. The third-order valence-electron chi connectivity index (χ3n) is 2.42. The molecule has 2 rings (SSSR count). The van der Waals surface area contributed by atoms with Crippen molar-refractivity contribution in [3.8, 4) is 0 Å². The Morgan fingerprint density at radius 1 is 1.16 bits per heavy atom. The van der Waals surface area contributed by atoms with E-state index in [1.807, 2.05) is 22.6 Å². The Morgan fingerprint density at radius 2 is 1.89 bits per heavy atom. The number of carbonyl (C=O) groups excluding carboxylic acids is 1. The minimum absolute atomic E-state index is 0.0272. The molecule has 0 spiro atoms. The van der Waals surface area contributed by atoms with E-state index in [4.69, 9.17) is 5.73 Å². The first-order chi connectivity index (χ1) is 8.97. The molecular weight excluding hydrogens is 365 g/mol. The van der Waals surface area contributed by atoms with Gasteiger partial charge >= 0.3 is 0 Å². The highest BCUT2D eigenvalue weighted by atomic mass is 127. The maximum atomic E-state index is 13.5. The molecule has 2 aromatic carbocycles. The van der Waals surface area contributed by atoms with Gasteiger partial charge in [0.05, 0.1) is 11.3 Å². The highest BCUT2D eigenvalue weighted by Crippen LogP contribution is 2.20. The van der Waals surface area contributed by atoms with Crippen molar-refractivity contribution < 1.29 is 13.6 Å². The topological polar surface area (TPSA) is 55.1 Å². The molecule has 6 heteroatoms.